The Morgan fingerprint density at radius 3 is 2.50 bits per heavy atom. The van der Waals surface area contributed by atoms with E-state index in [0.29, 0.717) is 5.69 Å². The molecule has 2 heterocycles. The number of nitrogens with one attached hydrogen (secondary N) is 2. The highest BCUT2D eigenvalue weighted by Gasteiger charge is 2.18. The van der Waals surface area contributed by atoms with Gasteiger partial charge in [-0.05, 0) is 61.1 Å². The van der Waals surface area contributed by atoms with Crippen LogP contribution in [0.5, 0.6) is 0 Å². The lowest BCUT2D eigenvalue weighted by Crippen LogP contribution is -2.24. The Labute approximate surface area is 177 Å². The van der Waals surface area contributed by atoms with E-state index >= 15 is 0 Å². The first-order valence-electron chi connectivity index (χ1n) is 10.3. The summed E-state index contributed by atoms with van der Waals surface area (Å²) in [5, 5.41) is 3.29. The predicted molar refractivity (Wildman–Crippen MR) is 118 cm³/mol. The molecule has 3 aromatic rings. The minimum absolute atomic E-state index is 0.271. The first-order valence-corrected chi connectivity index (χ1v) is 11.8. The maximum atomic E-state index is 12.7. The molecule has 2 N–H and O–H groups in total. The Hall–Kier alpha value is -2.77. The summed E-state index contributed by atoms with van der Waals surface area (Å²) in [6.45, 7) is 1.65. The molecular formula is C23H26N4O2S. The van der Waals surface area contributed by atoms with Crippen molar-refractivity contribution in [2.24, 2.45) is 0 Å². The van der Waals surface area contributed by atoms with Gasteiger partial charge in [0.15, 0.2) is 0 Å². The van der Waals surface area contributed by atoms with Crippen molar-refractivity contribution in [1.29, 1.82) is 0 Å². The zero-order chi connectivity index (χ0) is 20.8. The fraction of sp³-hybridized carbons (Fsp3) is 0.304. The number of nitrogens with zero attached hydrogens (tertiary/aromatic N) is 2. The van der Waals surface area contributed by atoms with Gasteiger partial charge in [0.05, 0.1) is 23.0 Å². The number of hydrogen-bond acceptors (Lipinski definition) is 5. The molecule has 0 fully saturated rings. The second-order valence-electron chi connectivity index (χ2n) is 7.54. The maximum Gasteiger partial charge on any atom is 0.262 e. The summed E-state index contributed by atoms with van der Waals surface area (Å²) in [7, 11) is -3.66. The van der Waals surface area contributed by atoms with E-state index < -0.39 is 10.0 Å². The van der Waals surface area contributed by atoms with Crippen LogP contribution in [0, 0.1) is 0 Å². The highest BCUT2D eigenvalue weighted by atomic mass is 32.2. The minimum Gasteiger partial charge on any atom is -0.312 e. The zero-order valence-electron chi connectivity index (χ0n) is 16.8. The second kappa shape index (κ2) is 9.36. The fourth-order valence-corrected chi connectivity index (χ4v) is 4.71. The van der Waals surface area contributed by atoms with Gasteiger partial charge in [0.25, 0.3) is 10.0 Å². The third-order valence-corrected chi connectivity index (χ3v) is 6.67. The highest BCUT2D eigenvalue weighted by Crippen LogP contribution is 2.21. The zero-order valence-corrected chi connectivity index (χ0v) is 17.7. The van der Waals surface area contributed by atoms with Crippen LogP contribution in [-0.2, 0) is 35.8 Å². The Bertz CT molecular complexity index is 1080. The van der Waals surface area contributed by atoms with E-state index in [-0.39, 0.29) is 4.90 Å². The number of aryl methyl sites for hydroxylation is 2. The van der Waals surface area contributed by atoms with Crippen molar-refractivity contribution in [1.82, 2.24) is 15.3 Å². The van der Waals surface area contributed by atoms with E-state index in [1.165, 1.54) is 5.56 Å². The van der Waals surface area contributed by atoms with Crippen LogP contribution in [-0.4, -0.2) is 24.9 Å². The second-order valence-corrected chi connectivity index (χ2v) is 9.23. The van der Waals surface area contributed by atoms with E-state index in [1.807, 2.05) is 12.1 Å². The summed E-state index contributed by atoms with van der Waals surface area (Å²) < 4.78 is 28.1. The van der Waals surface area contributed by atoms with Crippen molar-refractivity contribution in [2.45, 2.75) is 43.5 Å². The van der Waals surface area contributed by atoms with Crippen LogP contribution in [0.15, 0.2) is 65.8 Å². The molecule has 0 radical (unpaired) electrons. The van der Waals surface area contributed by atoms with Crippen molar-refractivity contribution in [2.75, 3.05) is 11.3 Å². The van der Waals surface area contributed by atoms with Crippen LogP contribution in [0.1, 0.15) is 35.4 Å². The van der Waals surface area contributed by atoms with Crippen LogP contribution in [0.4, 0.5) is 5.69 Å². The molecule has 1 aliphatic rings. The molecule has 1 aromatic heterocycles. The van der Waals surface area contributed by atoms with Gasteiger partial charge in [-0.15, -0.1) is 0 Å². The molecule has 0 aliphatic carbocycles. The quantitative estimate of drug-likeness (QED) is 0.543. The van der Waals surface area contributed by atoms with Crippen molar-refractivity contribution in [3.8, 4) is 0 Å². The molecule has 0 saturated carbocycles. The van der Waals surface area contributed by atoms with Crippen molar-refractivity contribution >= 4 is 15.7 Å². The number of hydrogen-bond donors (Lipinski definition) is 2. The van der Waals surface area contributed by atoms with Crippen LogP contribution in [0.3, 0.4) is 0 Å². The molecule has 30 heavy (non-hydrogen) atoms. The average Bonchev–Trinajstić information content (AvgIpc) is 2.78. The molecule has 0 bridgehead atoms. The Morgan fingerprint density at radius 1 is 0.933 bits per heavy atom. The molecule has 6 nitrogen and oxygen atoms in total. The van der Waals surface area contributed by atoms with Crippen LogP contribution < -0.4 is 10.0 Å². The predicted octanol–water partition coefficient (Wildman–Crippen LogP) is 3.49. The van der Waals surface area contributed by atoms with Gasteiger partial charge < -0.3 is 5.32 Å². The molecule has 0 atom stereocenters. The Kier molecular flexibility index (Phi) is 6.40. The summed E-state index contributed by atoms with van der Waals surface area (Å²) in [5.41, 5.74) is 3.95. The monoisotopic (exact) mass is 422 g/mol. The standard InChI is InChI=1S/C23H26N4O2S/c28-30(29,22-11-10-20-15-24-13-12-19(20)14-22)27-21-16-25-23(26-17-21)9-5-4-8-18-6-2-1-3-7-18/h1-3,6-7,10-11,14,16-17,24,27H,4-5,8-9,12-13,15H2. The van der Waals surface area contributed by atoms with Crippen molar-refractivity contribution in [3.05, 3.63) is 83.4 Å². The molecule has 0 amide bonds. The first-order chi connectivity index (χ1) is 14.6. The molecule has 2 aromatic carbocycles. The van der Waals surface area contributed by atoms with E-state index in [1.54, 1.807) is 24.5 Å². The van der Waals surface area contributed by atoms with Gasteiger partial charge in [-0.1, -0.05) is 36.4 Å². The minimum atomic E-state index is -3.66. The number of sulfonamides is 1. The average molecular weight is 423 g/mol. The van der Waals surface area contributed by atoms with Crippen LogP contribution >= 0.6 is 0 Å². The maximum absolute atomic E-state index is 12.7. The fourth-order valence-electron chi connectivity index (χ4n) is 3.63. The lowest BCUT2D eigenvalue weighted by molar-refractivity contribution is 0.599. The number of rotatable bonds is 8. The van der Waals surface area contributed by atoms with Gasteiger partial charge in [-0.3, -0.25) is 4.72 Å². The number of anilines is 1. The molecule has 156 valence electrons. The van der Waals surface area contributed by atoms with E-state index in [0.717, 1.165) is 62.1 Å². The smallest absolute Gasteiger partial charge is 0.262 e. The molecule has 7 heteroatoms. The number of unbranched alkanes of at least 4 members (excludes halogenated alkanes) is 1. The van der Waals surface area contributed by atoms with E-state index in [2.05, 4.69) is 44.3 Å². The van der Waals surface area contributed by atoms with Gasteiger partial charge in [0.1, 0.15) is 5.82 Å². The third kappa shape index (κ3) is 5.23. The molecule has 1 aliphatic heterocycles. The van der Waals surface area contributed by atoms with E-state index in [9.17, 15) is 8.42 Å². The highest BCUT2D eigenvalue weighted by molar-refractivity contribution is 7.92. The summed E-state index contributed by atoms with van der Waals surface area (Å²) in [6, 6.07) is 15.7. The normalized spacial score (nSPS) is 13.6. The summed E-state index contributed by atoms with van der Waals surface area (Å²) in [6.07, 6.45) is 7.79. The number of benzene rings is 2. The summed E-state index contributed by atoms with van der Waals surface area (Å²) in [5.74, 6) is 0.729. The SMILES string of the molecule is O=S(=O)(Nc1cnc(CCCCc2ccccc2)nc1)c1ccc2c(c1)CCNC2. The topological polar surface area (TPSA) is 84.0 Å². The van der Waals surface area contributed by atoms with Gasteiger partial charge in [-0.2, -0.15) is 0 Å². The van der Waals surface area contributed by atoms with E-state index in [4.69, 9.17) is 0 Å². The van der Waals surface area contributed by atoms with Gasteiger partial charge in [0, 0.05) is 13.0 Å². The molecule has 4 rings (SSSR count). The van der Waals surface area contributed by atoms with Crippen LogP contribution in [0.25, 0.3) is 0 Å². The van der Waals surface area contributed by atoms with Crippen molar-refractivity contribution < 1.29 is 8.42 Å². The lowest BCUT2D eigenvalue weighted by atomic mass is 10.0. The number of aromatic nitrogens is 2. The van der Waals surface area contributed by atoms with Gasteiger partial charge in [-0.25, -0.2) is 18.4 Å². The first kappa shape index (κ1) is 20.5. The lowest BCUT2D eigenvalue weighted by Gasteiger charge is -2.18. The number of fused-ring (bicyclic) bond motifs is 1. The Morgan fingerprint density at radius 2 is 1.70 bits per heavy atom. The Balaban J connectivity index is 1.32. The summed E-state index contributed by atoms with van der Waals surface area (Å²) >= 11 is 0. The van der Waals surface area contributed by atoms with Crippen molar-refractivity contribution in [3.63, 3.8) is 0 Å². The third-order valence-electron chi connectivity index (χ3n) is 5.29. The summed E-state index contributed by atoms with van der Waals surface area (Å²) in [4.78, 5) is 8.92. The van der Waals surface area contributed by atoms with Gasteiger partial charge in [0.2, 0.25) is 0 Å². The molecular weight excluding hydrogens is 396 g/mol. The van der Waals surface area contributed by atoms with Gasteiger partial charge >= 0.3 is 0 Å². The molecule has 0 unspecified atom stereocenters. The van der Waals surface area contributed by atoms with Crippen LogP contribution in [0.2, 0.25) is 0 Å². The largest absolute Gasteiger partial charge is 0.312 e. The molecule has 0 saturated heterocycles. The molecule has 0 spiro atoms.